The molecule has 31 heavy (non-hydrogen) atoms. The molecule has 0 atom stereocenters. The molecule has 0 aliphatic rings. The van der Waals surface area contributed by atoms with Crippen molar-refractivity contribution in [3.8, 4) is 11.3 Å². The molecule has 2 aromatic heterocycles. The lowest BCUT2D eigenvalue weighted by Crippen LogP contribution is -2.53. The summed E-state index contributed by atoms with van der Waals surface area (Å²) in [6.07, 6.45) is 3.82. The maximum absolute atomic E-state index is 4.76. The van der Waals surface area contributed by atoms with Gasteiger partial charge in [-0.1, -0.05) is 103 Å². The van der Waals surface area contributed by atoms with Gasteiger partial charge in [-0.2, -0.15) is 0 Å². The van der Waals surface area contributed by atoms with Crippen LogP contribution in [0.25, 0.3) is 22.3 Å². The SMILES string of the molecule is C[Si](C)(c1ccccc1)c1ccccc1-c1ncnc2c1ccn2Cc1ccccc1. The van der Waals surface area contributed by atoms with Crippen LogP contribution in [-0.4, -0.2) is 22.6 Å². The first kappa shape index (κ1) is 19.5. The highest BCUT2D eigenvalue weighted by molar-refractivity contribution is 7.01. The normalized spacial score (nSPS) is 11.7. The van der Waals surface area contributed by atoms with Gasteiger partial charge in [0.15, 0.2) is 0 Å². The van der Waals surface area contributed by atoms with Crippen LogP contribution < -0.4 is 10.4 Å². The van der Waals surface area contributed by atoms with E-state index in [0.29, 0.717) is 0 Å². The van der Waals surface area contributed by atoms with Crippen LogP contribution in [0.5, 0.6) is 0 Å². The molecule has 3 aromatic carbocycles. The lowest BCUT2D eigenvalue weighted by Gasteiger charge is -2.26. The lowest BCUT2D eigenvalue weighted by molar-refractivity contribution is 0.824. The molecule has 0 saturated carbocycles. The Morgan fingerprint density at radius 3 is 2.19 bits per heavy atom. The number of nitrogens with zero attached hydrogens (tertiary/aromatic N) is 3. The minimum atomic E-state index is -1.89. The monoisotopic (exact) mass is 419 g/mol. The fourth-order valence-electron chi connectivity index (χ4n) is 4.37. The van der Waals surface area contributed by atoms with Crippen molar-refractivity contribution in [2.75, 3.05) is 0 Å². The minimum absolute atomic E-state index is 0.798. The summed E-state index contributed by atoms with van der Waals surface area (Å²) < 4.78 is 2.21. The van der Waals surface area contributed by atoms with E-state index in [1.165, 1.54) is 21.5 Å². The average Bonchev–Trinajstić information content (AvgIpc) is 3.23. The summed E-state index contributed by atoms with van der Waals surface area (Å²) in [5.41, 5.74) is 4.47. The van der Waals surface area contributed by atoms with Crippen molar-refractivity contribution in [3.05, 3.63) is 109 Å². The Morgan fingerprint density at radius 2 is 1.42 bits per heavy atom. The van der Waals surface area contributed by atoms with Gasteiger partial charge >= 0.3 is 0 Å². The number of hydrogen-bond acceptors (Lipinski definition) is 2. The number of aromatic nitrogens is 3. The number of fused-ring (bicyclic) bond motifs is 1. The van der Waals surface area contributed by atoms with Gasteiger partial charge < -0.3 is 4.57 Å². The summed E-state index contributed by atoms with van der Waals surface area (Å²) in [4.78, 5) is 9.40. The maximum Gasteiger partial charge on any atom is 0.144 e. The van der Waals surface area contributed by atoms with E-state index in [1.54, 1.807) is 6.33 Å². The fraction of sp³-hybridized carbons (Fsp3) is 0.111. The third-order valence-electron chi connectivity index (χ3n) is 6.10. The molecule has 0 amide bonds. The number of rotatable bonds is 5. The van der Waals surface area contributed by atoms with Gasteiger partial charge in [-0.3, -0.25) is 0 Å². The Hall–Kier alpha value is -3.50. The van der Waals surface area contributed by atoms with Crippen LogP contribution >= 0.6 is 0 Å². The fourth-order valence-corrected chi connectivity index (χ4v) is 7.10. The second-order valence-electron chi connectivity index (χ2n) is 8.43. The van der Waals surface area contributed by atoms with Crippen LogP contribution in [0.3, 0.4) is 0 Å². The predicted molar refractivity (Wildman–Crippen MR) is 132 cm³/mol. The van der Waals surface area contributed by atoms with Crippen LogP contribution in [0.4, 0.5) is 0 Å². The van der Waals surface area contributed by atoms with Crippen LogP contribution in [0.2, 0.25) is 13.1 Å². The quantitative estimate of drug-likeness (QED) is 0.377. The molecule has 4 heteroatoms. The highest BCUT2D eigenvalue weighted by Gasteiger charge is 2.29. The standard InChI is InChI=1S/C27H25N3Si/c1-31(2,22-13-7-4-8-14-22)25-16-10-9-15-23(25)26-24-17-18-30(27(24)29-20-28-26)19-21-11-5-3-6-12-21/h3-18,20H,19H2,1-2H3. The van der Waals surface area contributed by atoms with Crippen molar-refractivity contribution in [1.82, 2.24) is 14.5 Å². The van der Waals surface area contributed by atoms with Gasteiger partial charge in [0.2, 0.25) is 0 Å². The molecular weight excluding hydrogens is 394 g/mol. The Kier molecular flexibility index (Phi) is 5.00. The second-order valence-corrected chi connectivity index (χ2v) is 12.8. The summed E-state index contributed by atoms with van der Waals surface area (Å²) in [6, 6.07) is 32.3. The van der Waals surface area contributed by atoms with Gasteiger partial charge in [-0.15, -0.1) is 0 Å². The van der Waals surface area contributed by atoms with E-state index in [1.807, 2.05) is 6.07 Å². The first-order chi connectivity index (χ1) is 15.1. The minimum Gasteiger partial charge on any atom is -0.328 e. The van der Waals surface area contributed by atoms with Gasteiger partial charge in [0.25, 0.3) is 0 Å². The van der Waals surface area contributed by atoms with Gasteiger partial charge in [0.1, 0.15) is 20.0 Å². The molecule has 5 rings (SSSR count). The van der Waals surface area contributed by atoms with E-state index < -0.39 is 8.07 Å². The van der Waals surface area contributed by atoms with E-state index in [9.17, 15) is 0 Å². The van der Waals surface area contributed by atoms with E-state index in [-0.39, 0.29) is 0 Å². The zero-order valence-electron chi connectivity index (χ0n) is 17.9. The summed E-state index contributed by atoms with van der Waals surface area (Å²) >= 11 is 0. The first-order valence-electron chi connectivity index (χ1n) is 10.6. The van der Waals surface area contributed by atoms with Crippen molar-refractivity contribution in [1.29, 1.82) is 0 Å². The number of benzene rings is 3. The summed E-state index contributed by atoms with van der Waals surface area (Å²) in [5, 5.41) is 3.93. The molecule has 5 aromatic rings. The molecule has 0 unspecified atom stereocenters. The third-order valence-corrected chi connectivity index (χ3v) is 9.66. The summed E-state index contributed by atoms with van der Waals surface area (Å²) in [7, 11) is -1.89. The van der Waals surface area contributed by atoms with Crippen LogP contribution in [0.1, 0.15) is 5.56 Å². The van der Waals surface area contributed by atoms with Crippen molar-refractivity contribution in [2.24, 2.45) is 0 Å². The molecule has 0 N–H and O–H groups in total. The number of hydrogen-bond donors (Lipinski definition) is 0. The zero-order valence-corrected chi connectivity index (χ0v) is 18.9. The first-order valence-corrected chi connectivity index (χ1v) is 13.6. The molecule has 3 nitrogen and oxygen atoms in total. The molecule has 0 fully saturated rings. The lowest BCUT2D eigenvalue weighted by atomic mass is 10.1. The van der Waals surface area contributed by atoms with E-state index >= 15 is 0 Å². The van der Waals surface area contributed by atoms with Gasteiger partial charge in [0, 0.05) is 23.7 Å². The third kappa shape index (κ3) is 3.60. The maximum atomic E-state index is 4.76. The average molecular weight is 420 g/mol. The van der Waals surface area contributed by atoms with Crippen molar-refractivity contribution in [3.63, 3.8) is 0 Å². The van der Waals surface area contributed by atoms with Crippen LogP contribution in [0.15, 0.2) is 104 Å². The smallest absolute Gasteiger partial charge is 0.144 e. The van der Waals surface area contributed by atoms with E-state index in [2.05, 4.69) is 114 Å². The van der Waals surface area contributed by atoms with Gasteiger partial charge in [-0.05, 0) is 16.8 Å². The van der Waals surface area contributed by atoms with Crippen molar-refractivity contribution in [2.45, 2.75) is 19.6 Å². The Bertz CT molecular complexity index is 1320. The Labute approximate surface area is 184 Å². The molecule has 0 spiro atoms. The highest BCUT2D eigenvalue weighted by atomic mass is 28.3. The molecule has 152 valence electrons. The van der Waals surface area contributed by atoms with Crippen LogP contribution in [-0.2, 0) is 6.54 Å². The van der Waals surface area contributed by atoms with Crippen molar-refractivity contribution >= 4 is 29.5 Å². The zero-order chi connectivity index (χ0) is 21.3. The van der Waals surface area contributed by atoms with E-state index in [4.69, 9.17) is 4.98 Å². The summed E-state index contributed by atoms with van der Waals surface area (Å²) in [5.74, 6) is 0. The predicted octanol–water partition coefficient (Wildman–Crippen LogP) is 4.97. The molecular formula is C27H25N3Si. The summed E-state index contributed by atoms with van der Waals surface area (Å²) in [6.45, 7) is 5.63. The largest absolute Gasteiger partial charge is 0.328 e. The van der Waals surface area contributed by atoms with Crippen molar-refractivity contribution < 1.29 is 0 Å². The van der Waals surface area contributed by atoms with Gasteiger partial charge in [-0.25, -0.2) is 9.97 Å². The second kappa shape index (κ2) is 7.97. The molecule has 0 aliphatic heterocycles. The highest BCUT2D eigenvalue weighted by Crippen LogP contribution is 2.27. The molecule has 0 saturated heterocycles. The topological polar surface area (TPSA) is 30.7 Å². The molecule has 0 bridgehead atoms. The van der Waals surface area contributed by atoms with Gasteiger partial charge in [0.05, 0.1) is 5.69 Å². The Balaban J connectivity index is 1.63. The molecule has 2 heterocycles. The van der Waals surface area contributed by atoms with E-state index in [0.717, 1.165) is 23.3 Å². The van der Waals surface area contributed by atoms with Crippen LogP contribution in [0, 0.1) is 0 Å². The Morgan fingerprint density at radius 1 is 0.742 bits per heavy atom. The molecule has 0 aliphatic carbocycles. The molecule has 0 radical (unpaired) electrons.